The van der Waals surface area contributed by atoms with Gasteiger partial charge in [-0.3, -0.25) is 14.5 Å². The first-order valence-electron chi connectivity index (χ1n) is 10.3. The quantitative estimate of drug-likeness (QED) is 0.633. The molecule has 8 heteroatoms. The van der Waals surface area contributed by atoms with Crippen LogP contribution in [0.2, 0.25) is 0 Å². The van der Waals surface area contributed by atoms with Crippen LogP contribution >= 0.6 is 0 Å². The predicted molar refractivity (Wildman–Crippen MR) is 113 cm³/mol. The van der Waals surface area contributed by atoms with Crippen LogP contribution in [0, 0.1) is 13.8 Å². The number of aryl methyl sites for hydroxylation is 2. The van der Waals surface area contributed by atoms with Crippen molar-refractivity contribution in [2.75, 3.05) is 39.9 Å². The van der Waals surface area contributed by atoms with E-state index < -0.39 is 6.04 Å². The molecule has 2 heterocycles. The van der Waals surface area contributed by atoms with E-state index in [1.165, 1.54) is 0 Å². The van der Waals surface area contributed by atoms with Crippen LogP contribution in [0.5, 0.6) is 0 Å². The minimum absolute atomic E-state index is 0.127. The maximum absolute atomic E-state index is 13.3. The van der Waals surface area contributed by atoms with E-state index in [1.807, 2.05) is 32.9 Å². The number of likely N-dealkylation sites (N-methyl/N-ethyl adjacent to an activating group) is 1. The van der Waals surface area contributed by atoms with Crippen LogP contribution < -0.4 is 10.6 Å². The molecule has 4 amide bonds. The van der Waals surface area contributed by atoms with Crippen molar-refractivity contribution in [2.45, 2.75) is 33.2 Å². The van der Waals surface area contributed by atoms with Gasteiger partial charge in [-0.25, -0.2) is 4.79 Å². The van der Waals surface area contributed by atoms with Crippen LogP contribution in [0.3, 0.4) is 0 Å². The molecule has 0 radical (unpaired) electrons. The van der Waals surface area contributed by atoms with Gasteiger partial charge in [-0.1, -0.05) is 23.8 Å². The standard InChI is InChI=1S/C22H30N4O4/c1-5-26-17-13-25(10-8-18(27)23-9-11-30-4)21(28)19(17)20(24-22(26)29)16-7-6-14(2)12-15(16)3/h6-7,12,20H,5,8-11,13H2,1-4H3,(H,23,27)(H,24,29)/t20-/m0/s1. The minimum Gasteiger partial charge on any atom is -0.383 e. The molecule has 1 atom stereocenters. The average molecular weight is 415 g/mol. The number of rotatable bonds is 8. The van der Waals surface area contributed by atoms with Crippen molar-refractivity contribution in [3.63, 3.8) is 0 Å². The summed E-state index contributed by atoms with van der Waals surface area (Å²) in [6.07, 6.45) is 0.206. The summed E-state index contributed by atoms with van der Waals surface area (Å²) < 4.78 is 4.93. The smallest absolute Gasteiger partial charge is 0.322 e. The SMILES string of the molecule is CCN1C(=O)N[C@@H](c2ccc(C)cc2C)C2=C1CN(CCC(=O)NCCOC)C2=O. The number of benzene rings is 1. The zero-order chi connectivity index (χ0) is 21.8. The lowest BCUT2D eigenvalue weighted by atomic mass is 9.91. The Bertz CT molecular complexity index is 880. The highest BCUT2D eigenvalue weighted by Crippen LogP contribution is 2.37. The molecule has 0 bridgehead atoms. The fraction of sp³-hybridized carbons (Fsp3) is 0.500. The lowest BCUT2D eigenvalue weighted by Gasteiger charge is -2.33. The zero-order valence-corrected chi connectivity index (χ0v) is 18.1. The van der Waals surface area contributed by atoms with Crippen molar-refractivity contribution in [3.8, 4) is 0 Å². The third-order valence-corrected chi connectivity index (χ3v) is 5.59. The van der Waals surface area contributed by atoms with Crippen molar-refractivity contribution < 1.29 is 19.1 Å². The summed E-state index contributed by atoms with van der Waals surface area (Å²) in [6.45, 7) is 7.89. The van der Waals surface area contributed by atoms with Gasteiger partial charge in [0.2, 0.25) is 5.91 Å². The summed E-state index contributed by atoms with van der Waals surface area (Å²) in [6, 6.07) is 5.33. The molecule has 1 aromatic carbocycles. The van der Waals surface area contributed by atoms with E-state index in [1.54, 1.807) is 16.9 Å². The Morgan fingerprint density at radius 1 is 1.30 bits per heavy atom. The van der Waals surface area contributed by atoms with Gasteiger partial charge in [0.25, 0.3) is 5.91 Å². The Morgan fingerprint density at radius 3 is 2.73 bits per heavy atom. The highest BCUT2D eigenvalue weighted by molar-refractivity contribution is 6.01. The number of nitrogens with zero attached hydrogens (tertiary/aromatic N) is 2. The highest BCUT2D eigenvalue weighted by Gasteiger charge is 2.43. The van der Waals surface area contributed by atoms with E-state index in [9.17, 15) is 14.4 Å². The maximum Gasteiger partial charge on any atom is 0.322 e. The van der Waals surface area contributed by atoms with Crippen LogP contribution in [-0.2, 0) is 14.3 Å². The molecule has 2 aliphatic rings. The fourth-order valence-electron chi connectivity index (χ4n) is 4.06. The zero-order valence-electron chi connectivity index (χ0n) is 18.1. The van der Waals surface area contributed by atoms with Crippen LogP contribution in [0.4, 0.5) is 4.79 Å². The lowest BCUT2D eigenvalue weighted by Crippen LogP contribution is -2.47. The molecular weight excluding hydrogens is 384 g/mol. The topological polar surface area (TPSA) is 91.0 Å². The normalized spacial score (nSPS) is 18.6. The van der Waals surface area contributed by atoms with Gasteiger partial charge in [-0.05, 0) is 31.9 Å². The van der Waals surface area contributed by atoms with E-state index in [4.69, 9.17) is 4.74 Å². The van der Waals surface area contributed by atoms with Gasteiger partial charge in [0.1, 0.15) is 0 Å². The number of carbonyl (C=O) groups is 3. The first-order chi connectivity index (χ1) is 14.4. The van der Waals surface area contributed by atoms with Gasteiger partial charge in [-0.2, -0.15) is 0 Å². The number of carbonyl (C=O) groups excluding carboxylic acids is 3. The molecule has 0 fully saturated rings. The summed E-state index contributed by atoms with van der Waals surface area (Å²) >= 11 is 0. The van der Waals surface area contributed by atoms with Gasteiger partial charge in [0, 0.05) is 33.2 Å². The van der Waals surface area contributed by atoms with Crippen molar-refractivity contribution in [2.24, 2.45) is 0 Å². The molecule has 8 nitrogen and oxygen atoms in total. The monoisotopic (exact) mass is 414 g/mol. The molecule has 2 aliphatic heterocycles. The number of nitrogens with one attached hydrogen (secondary N) is 2. The van der Waals surface area contributed by atoms with E-state index in [0.29, 0.717) is 38.4 Å². The van der Waals surface area contributed by atoms with Crippen LogP contribution in [0.15, 0.2) is 29.5 Å². The van der Waals surface area contributed by atoms with Gasteiger partial charge < -0.3 is 20.3 Å². The molecular formula is C22H30N4O4. The molecule has 1 aromatic rings. The molecule has 3 rings (SSSR count). The Morgan fingerprint density at radius 2 is 2.07 bits per heavy atom. The van der Waals surface area contributed by atoms with Gasteiger partial charge in [0.05, 0.1) is 30.5 Å². The first kappa shape index (κ1) is 21.8. The number of amides is 4. The largest absolute Gasteiger partial charge is 0.383 e. The van der Waals surface area contributed by atoms with Crippen molar-refractivity contribution in [3.05, 3.63) is 46.2 Å². The number of ether oxygens (including phenoxy) is 1. The predicted octanol–water partition coefficient (Wildman–Crippen LogP) is 1.64. The maximum atomic E-state index is 13.3. The van der Waals surface area contributed by atoms with Crippen molar-refractivity contribution in [1.82, 2.24) is 20.4 Å². The van der Waals surface area contributed by atoms with E-state index >= 15 is 0 Å². The van der Waals surface area contributed by atoms with E-state index in [-0.39, 0.29) is 24.3 Å². The molecule has 0 aliphatic carbocycles. The summed E-state index contributed by atoms with van der Waals surface area (Å²) in [4.78, 5) is 41.3. The van der Waals surface area contributed by atoms with E-state index in [2.05, 4.69) is 16.7 Å². The van der Waals surface area contributed by atoms with Crippen molar-refractivity contribution >= 4 is 17.8 Å². The fourth-order valence-corrected chi connectivity index (χ4v) is 4.06. The second-order valence-corrected chi connectivity index (χ2v) is 7.67. The Balaban J connectivity index is 1.81. The highest BCUT2D eigenvalue weighted by atomic mass is 16.5. The Hall–Kier alpha value is -2.87. The number of methoxy groups -OCH3 is 1. The molecule has 162 valence electrons. The van der Waals surface area contributed by atoms with E-state index in [0.717, 1.165) is 22.4 Å². The first-order valence-corrected chi connectivity index (χ1v) is 10.3. The summed E-state index contributed by atoms with van der Waals surface area (Å²) in [5.41, 5.74) is 4.41. The van der Waals surface area contributed by atoms with Crippen molar-refractivity contribution in [1.29, 1.82) is 0 Å². The van der Waals surface area contributed by atoms with Crippen LogP contribution in [-0.4, -0.2) is 67.5 Å². The van der Waals surface area contributed by atoms with Crippen LogP contribution in [0.1, 0.15) is 36.1 Å². The van der Waals surface area contributed by atoms with Gasteiger partial charge >= 0.3 is 6.03 Å². The Kier molecular flexibility index (Phi) is 6.77. The molecule has 0 saturated carbocycles. The third-order valence-electron chi connectivity index (χ3n) is 5.59. The second kappa shape index (κ2) is 9.30. The second-order valence-electron chi connectivity index (χ2n) is 7.67. The summed E-state index contributed by atoms with van der Waals surface area (Å²) in [5.74, 6) is -0.254. The molecule has 0 aromatic heterocycles. The molecule has 0 saturated heterocycles. The Labute approximate surface area is 177 Å². The van der Waals surface area contributed by atoms with Crippen LogP contribution in [0.25, 0.3) is 0 Å². The lowest BCUT2D eigenvalue weighted by molar-refractivity contribution is -0.127. The average Bonchev–Trinajstić information content (AvgIpc) is 3.02. The molecule has 2 N–H and O–H groups in total. The third kappa shape index (κ3) is 4.33. The van der Waals surface area contributed by atoms with Gasteiger partial charge in [0.15, 0.2) is 0 Å². The summed E-state index contributed by atoms with van der Waals surface area (Å²) in [7, 11) is 1.58. The number of urea groups is 1. The molecule has 0 unspecified atom stereocenters. The number of hydrogen-bond acceptors (Lipinski definition) is 4. The molecule has 30 heavy (non-hydrogen) atoms. The molecule has 0 spiro atoms. The van der Waals surface area contributed by atoms with Gasteiger partial charge in [-0.15, -0.1) is 0 Å². The summed E-state index contributed by atoms with van der Waals surface area (Å²) in [5, 5.41) is 5.77. The minimum atomic E-state index is -0.482. The number of hydrogen-bond donors (Lipinski definition) is 2.